The van der Waals surface area contributed by atoms with E-state index in [-0.39, 0.29) is 5.91 Å². The Kier molecular flexibility index (Phi) is 5.80. The largest absolute Gasteiger partial charge is 0.477 e. The molecule has 0 aliphatic heterocycles. The molecule has 140 valence electrons. The van der Waals surface area contributed by atoms with E-state index in [2.05, 4.69) is 20.4 Å². The molecule has 0 spiro atoms. The lowest BCUT2D eigenvalue weighted by Gasteiger charge is -2.09. The molecule has 3 rings (SSSR count). The monoisotopic (exact) mass is 365 g/mol. The fraction of sp³-hybridized carbons (Fsp3) is 0.300. The van der Waals surface area contributed by atoms with Crippen LogP contribution in [-0.4, -0.2) is 38.8 Å². The Hall–Kier alpha value is -3.22. The van der Waals surface area contributed by atoms with Gasteiger partial charge < -0.3 is 10.1 Å². The molecule has 0 aliphatic carbocycles. The highest BCUT2D eigenvalue weighted by Gasteiger charge is 2.15. The Balaban J connectivity index is 1.68. The van der Waals surface area contributed by atoms with Crippen LogP contribution in [0.2, 0.25) is 0 Å². The maximum atomic E-state index is 12.5. The molecule has 1 amide bonds. The molecular formula is C20H23N5O2. The van der Waals surface area contributed by atoms with Gasteiger partial charge in [-0.2, -0.15) is 5.10 Å². The smallest absolute Gasteiger partial charge is 0.256 e. The average Bonchev–Trinajstić information content (AvgIpc) is 2.97. The first-order valence-electron chi connectivity index (χ1n) is 8.94. The fourth-order valence-electron chi connectivity index (χ4n) is 2.95. The molecule has 0 bridgehead atoms. The number of aromatic nitrogens is 4. The van der Waals surface area contributed by atoms with Gasteiger partial charge in [-0.05, 0) is 57.0 Å². The van der Waals surface area contributed by atoms with Gasteiger partial charge in [0.15, 0.2) is 5.82 Å². The Morgan fingerprint density at radius 2 is 1.96 bits per heavy atom. The van der Waals surface area contributed by atoms with E-state index in [4.69, 9.17) is 4.74 Å². The van der Waals surface area contributed by atoms with Crippen LogP contribution in [0.3, 0.4) is 0 Å². The minimum atomic E-state index is -0.195. The summed E-state index contributed by atoms with van der Waals surface area (Å²) in [6.07, 6.45) is 4.04. The van der Waals surface area contributed by atoms with E-state index in [0.29, 0.717) is 31.0 Å². The number of nitrogens with zero attached hydrogens (tertiary/aromatic N) is 4. The summed E-state index contributed by atoms with van der Waals surface area (Å²) in [6, 6.07) is 9.16. The predicted molar refractivity (Wildman–Crippen MR) is 102 cm³/mol. The second-order valence-electron chi connectivity index (χ2n) is 6.04. The molecule has 0 fully saturated rings. The van der Waals surface area contributed by atoms with Crippen molar-refractivity contribution in [1.29, 1.82) is 0 Å². The molecule has 0 atom stereocenters. The number of carbonyl (C=O) groups excluding carboxylic acids is 1. The standard InChI is InChI=1S/C20H23N5O2/c1-4-27-20-17(8-7-12-23-20)19(26)22-13-10-16-14(2)24-25(15(16)3)18-9-5-6-11-21-18/h5-9,11-12H,4,10,13H2,1-3H3,(H,22,26). The summed E-state index contributed by atoms with van der Waals surface area (Å²) in [7, 11) is 0. The van der Waals surface area contributed by atoms with Crippen molar-refractivity contribution in [1.82, 2.24) is 25.1 Å². The molecule has 3 aromatic heterocycles. The summed E-state index contributed by atoms with van der Waals surface area (Å²) >= 11 is 0. The number of pyridine rings is 2. The number of rotatable bonds is 7. The summed E-state index contributed by atoms with van der Waals surface area (Å²) in [5.74, 6) is 0.942. The molecular weight excluding hydrogens is 342 g/mol. The van der Waals surface area contributed by atoms with Crippen molar-refractivity contribution >= 4 is 5.91 Å². The second-order valence-corrected chi connectivity index (χ2v) is 6.04. The quantitative estimate of drug-likeness (QED) is 0.696. The zero-order chi connectivity index (χ0) is 19.2. The molecule has 3 heterocycles. The van der Waals surface area contributed by atoms with Crippen molar-refractivity contribution in [2.45, 2.75) is 27.2 Å². The predicted octanol–water partition coefficient (Wildman–Crippen LogP) is 2.65. The van der Waals surface area contributed by atoms with Crippen LogP contribution in [0.5, 0.6) is 5.88 Å². The van der Waals surface area contributed by atoms with Gasteiger partial charge >= 0.3 is 0 Å². The first kappa shape index (κ1) is 18.6. The highest BCUT2D eigenvalue weighted by molar-refractivity contribution is 5.96. The summed E-state index contributed by atoms with van der Waals surface area (Å²) in [4.78, 5) is 20.9. The molecule has 0 radical (unpaired) electrons. The lowest BCUT2D eigenvalue weighted by molar-refractivity contribution is 0.0949. The van der Waals surface area contributed by atoms with Gasteiger partial charge in [0.1, 0.15) is 5.56 Å². The fourth-order valence-corrected chi connectivity index (χ4v) is 2.95. The van der Waals surface area contributed by atoms with Gasteiger partial charge in [0.2, 0.25) is 5.88 Å². The SMILES string of the molecule is CCOc1ncccc1C(=O)NCCc1c(C)nn(-c2ccccn2)c1C. The van der Waals surface area contributed by atoms with E-state index in [9.17, 15) is 4.79 Å². The zero-order valence-corrected chi connectivity index (χ0v) is 15.8. The number of amides is 1. The number of nitrogens with one attached hydrogen (secondary N) is 1. The van der Waals surface area contributed by atoms with Crippen molar-refractivity contribution in [2.75, 3.05) is 13.2 Å². The summed E-state index contributed by atoms with van der Waals surface area (Å²) in [6.45, 7) is 6.80. The minimum absolute atomic E-state index is 0.195. The Labute approximate surface area is 158 Å². The lowest BCUT2D eigenvalue weighted by atomic mass is 10.1. The van der Waals surface area contributed by atoms with Crippen LogP contribution in [0.1, 0.15) is 34.2 Å². The summed E-state index contributed by atoms with van der Waals surface area (Å²) in [5.41, 5.74) is 3.51. The number of ether oxygens (including phenoxy) is 1. The third-order valence-corrected chi connectivity index (χ3v) is 4.26. The van der Waals surface area contributed by atoms with Crippen molar-refractivity contribution in [3.63, 3.8) is 0 Å². The van der Waals surface area contributed by atoms with Crippen LogP contribution in [0, 0.1) is 13.8 Å². The van der Waals surface area contributed by atoms with Gasteiger partial charge in [0.25, 0.3) is 5.91 Å². The molecule has 3 aromatic rings. The lowest BCUT2D eigenvalue weighted by Crippen LogP contribution is -2.26. The van der Waals surface area contributed by atoms with Crippen LogP contribution < -0.4 is 10.1 Å². The van der Waals surface area contributed by atoms with Crippen LogP contribution in [0.25, 0.3) is 5.82 Å². The van der Waals surface area contributed by atoms with Crippen molar-refractivity contribution in [2.24, 2.45) is 0 Å². The van der Waals surface area contributed by atoms with Crippen molar-refractivity contribution in [3.8, 4) is 11.7 Å². The third kappa shape index (κ3) is 4.13. The number of carbonyl (C=O) groups is 1. The van der Waals surface area contributed by atoms with Crippen LogP contribution in [0.15, 0.2) is 42.7 Å². The average molecular weight is 365 g/mol. The first-order chi connectivity index (χ1) is 13.1. The molecule has 7 nitrogen and oxygen atoms in total. The maximum absolute atomic E-state index is 12.5. The zero-order valence-electron chi connectivity index (χ0n) is 15.8. The number of aryl methyl sites for hydroxylation is 1. The highest BCUT2D eigenvalue weighted by Crippen LogP contribution is 2.17. The normalized spacial score (nSPS) is 10.6. The third-order valence-electron chi connectivity index (χ3n) is 4.26. The van der Waals surface area contributed by atoms with Gasteiger partial charge in [0.05, 0.1) is 12.3 Å². The molecule has 0 saturated carbocycles. The van der Waals surface area contributed by atoms with E-state index in [1.54, 1.807) is 24.5 Å². The first-order valence-corrected chi connectivity index (χ1v) is 8.94. The van der Waals surface area contributed by atoms with Crippen LogP contribution >= 0.6 is 0 Å². The molecule has 1 N–H and O–H groups in total. The number of hydrogen-bond donors (Lipinski definition) is 1. The van der Waals surface area contributed by atoms with Gasteiger partial charge in [-0.1, -0.05) is 6.07 Å². The summed E-state index contributed by atoms with van der Waals surface area (Å²) < 4.78 is 7.26. The van der Waals surface area contributed by atoms with E-state index < -0.39 is 0 Å². The molecule has 27 heavy (non-hydrogen) atoms. The van der Waals surface area contributed by atoms with E-state index in [1.165, 1.54) is 0 Å². The molecule has 0 unspecified atom stereocenters. The van der Waals surface area contributed by atoms with Gasteiger partial charge in [-0.3, -0.25) is 4.79 Å². The summed E-state index contributed by atoms with van der Waals surface area (Å²) in [5, 5.41) is 7.52. The maximum Gasteiger partial charge on any atom is 0.256 e. The van der Waals surface area contributed by atoms with Crippen molar-refractivity contribution < 1.29 is 9.53 Å². The van der Waals surface area contributed by atoms with Crippen LogP contribution in [0.4, 0.5) is 0 Å². The minimum Gasteiger partial charge on any atom is -0.477 e. The molecule has 0 aromatic carbocycles. The molecule has 7 heteroatoms. The Bertz CT molecular complexity index is 921. The van der Waals surface area contributed by atoms with Gasteiger partial charge in [-0.15, -0.1) is 0 Å². The van der Waals surface area contributed by atoms with Crippen LogP contribution in [-0.2, 0) is 6.42 Å². The van der Waals surface area contributed by atoms with E-state index >= 15 is 0 Å². The molecule has 0 saturated heterocycles. The van der Waals surface area contributed by atoms with Gasteiger partial charge in [0, 0.05) is 24.6 Å². The van der Waals surface area contributed by atoms with Crippen molar-refractivity contribution in [3.05, 3.63) is 65.2 Å². The number of hydrogen-bond acceptors (Lipinski definition) is 5. The van der Waals surface area contributed by atoms with E-state index in [1.807, 2.05) is 43.7 Å². The Morgan fingerprint density at radius 3 is 2.70 bits per heavy atom. The van der Waals surface area contributed by atoms with E-state index in [0.717, 1.165) is 22.8 Å². The van der Waals surface area contributed by atoms with Gasteiger partial charge in [-0.25, -0.2) is 14.6 Å². The highest BCUT2D eigenvalue weighted by atomic mass is 16.5. The Morgan fingerprint density at radius 1 is 1.15 bits per heavy atom. The molecule has 0 aliphatic rings. The topological polar surface area (TPSA) is 81.9 Å². The second kappa shape index (κ2) is 8.44.